The third-order valence-corrected chi connectivity index (χ3v) is 4.82. The molecule has 3 N–H and O–H groups in total. The van der Waals surface area contributed by atoms with Crippen LogP contribution in [-0.2, 0) is 10.0 Å². The minimum Gasteiger partial charge on any atom is -0.357 e. The van der Waals surface area contributed by atoms with Gasteiger partial charge in [-0.25, -0.2) is 13.1 Å². The molecular weight excluding hydrogens is 441 g/mol. The molecule has 0 radical (unpaired) electrons. The maximum absolute atomic E-state index is 11.3. The second kappa shape index (κ2) is 14.1. The lowest BCUT2D eigenvalue weighted by molar-refractivity contribution is 0.178. The topological polar surface area (TPSA) is 85.8 Å². The van der Waals surface area contributed by atoms with Crippen LogP contribution < -0.4 is 15.4 Å². The van der Waals surface area contributed by atoms with Gasteiger partial charge >= 0.3 is 0 Å². The molecule has 0 aromatic carbocycles. The van der Waals surface area contributed by atoms with Crippen LogP contribution in [0.1, 0.15) is 41.5 Å². The number of nitrogens with one attached hydrogen (secondary N) is 3. The summed E-state index contributed by atoms with van der Waals surface area (Å²) in [4.78, 5) is 6.80. The molecule has 0 aromatic rings. The highest BCUT2D eigenvalue weighted by atomic mass is 127. The number of rotatable bonds is 11. The molecule has 0 heterocycles. The van der Waals surface area contributed by atoms with Crippen molar-refractivity contribution in [3.63, 3.8) is 0 Å². The maximum atomic E-state index is 11.3. The van der Waals surface area contributed by atoms with Crippen molar-refractivity contribution in [3.8, 4) is 0 Å². The zero-order valence-electron chi connectivity index (χ0n) is 15.9. The second-order valence-corrected chi connectivity index (χ2v) is 8.01. The SMILES string of the molecule is CCNC(=NCCNS(=O)(=O)CC)NCCN(C(C)C)C(C)C.I. The van der Waals surface area contributed by atoms with Crippen molar-refractivity contribution in [2.24, 2.45) is 4.99 Å². The van der Waals surface area contributed by atoms with Crippen LogP contribution in [0.2, 0.25) is 0 Å². The summed E-state index contributed by atoms with van der Waals surface area (Å²) in [6.45, 7) is 15.6. The fraction of sp³-hybridized carbons (Fsp3) is 0.933. The van der Waals surface area contributed by atoms with Crippen molar-refractivity contribution >= 4 is 40.0 Å². The third-order valence-electron chi connectivity index (χ3n) is 3.42. The standard InChI is InChI=1S/C15H35N5O2S.HI/c1-7-16-15(17-9-10-19-23(21,22)8-2)18-11-12-20(13(3)4)14(5)6;/h13-14,19H,7-12H2,1-6H3,(H2,16,17,18);1H. The molecule has 0 aliphatic rings. The first-order chi connectivity index (χ1) is 10.7. The van der Waals surface area contributed by atoms with Gasteiger partial charge in [0.05, 0.1) is 12.3 Å². The van der Waals surface area contributed by atoms with Crippen LogP contribution in [0.4, 0.5) is 0 Å². The summed E-state index contributed by atoms with van der Waals surface area (Å²) in [7, 11) is -3.14. The lowest BCUT2D eigenvalue weighted by atomic mass is 10.2. The van der Waals surface area contributed by atoms with E-state index in [-0.39, 0.29) is 29.7 Å². The predicted molar refractivity (Wildman–Crippen MR) is 114 cm³/mol. The molecule has 0 spiro atoms. The summed E-state index contributed by atoms with van der Waals surface area (Å²) in [5, 5.41) is 6.46. The van der Waals surface area contributed by atoms with Crippen molar-refractivity contribution < 1.29 is 8.42 Å². The van der Waals surface area contributed by atoms with Crippen LogP contribution in [0.25, 0.3) is 0 Å². The van der Waals surface area contributed by atoms with E-state index >= 15 is 0 Å². The first-order valence-corrected chi connectivity index (χ1v) is 10.1. The van der Waals surface area contributed by atoms with Gasteiger partial charge < -0.3 is 10.6 Å². The number of hydrogen-bond donors (Lipinski definition) is 3. The van der Waals surface area contributed by atoms with Gasteiger partial charge in [-0.3, -0.25) is 9.89 Å². The number of nitrogens with zero attached hydrogens (tertiary/aromatic N) is 2. The molecule has 0 aliphatic heterocycles. The minimum absolute atomic E-state index is 0. The minimum atomic E-state index is -3.14. The van der Waals surface area contributed by atoms with Crippen LogP contribution in [0, 0.1) is 0 Å². The molecule has 0 saturated carbocycles. The van der Waals surface area contributed by atoms with Gasteiger partial charge in [0.25, 0.3) is 0 Å². The average molecular weight is 477 g/mol. The Labute approximate surface area is 165 Å². The van der Waals surface area contributed by atoms with Gasteiger partial charge in [-0.1, -0.05) is 0 Å². The molecule has 0 saturated heterocycles. The Kier molecular flexibility index (Phi) is 15.3. The van der Waals surface area contributed by atoms with E-state index in [0.717, 1.165) is 25.6 Å². The van der Waals surface area contributed by atoms with Gasteiger partial charge in [0.2, 0.25) is 10.0 Å². The van der Waals surface area contributed by atoms with Gasteiger partial charge in [-0.05, 0) is 41.5 Å². The third kappa shape index (κ3) is 12.3. The van der Waals surface area contributed by atoms with E-state index in [4.69, 9.17) is 0 Å². The maximum Gasteiger partial charge on any atom is 0.211 e. The van der Waals surface area contributed by atoms with Crippen molar-refractivity contribution in [3.05, 3.63) is 0 Å². The summed E-state index contributed by atoms with van der Waals surface area (Å²) < 4.78 is 25.2. The van der Waals surface area contributed by atoms with Crippen LogP contribution in [0.5, 0.6) is 0 Å². The van der Waals surface area contributed by atoms with Crippen LogP contribution >= 0.6 is 24.0 Å². The monoisotopic (exact) mass is 477 g/mol. The molecule has 0 fully saturated rings. The Morgan fingerprint density at radius 3 is 2.08 bits per heavy atom. The number of hydrogen-bond acceptors (Lipinski definition) is 4. The Morgan fingerprint density at radius 1 is 1.04 bits per heavy atom. The summed E-state index contributed by atoms with van der Waals surface area (Å²) in [5.74, 6) is 0.811. The Hall–Kier alpha value is -0.130. The van der Waals surface area contributed by atoms with Crippen molar-refractivity contribution in [2.75, 3.05) is 38.5 Å². The predicted octanol–water partition coefficient (Wildman–Crippen LogP) is 1.22. The fourth-order valence-corrected chi connectivity index (χ4v) is 2.84. The summed E-state index contributed by atoms with van der Waals surface area (Å²) in [6, 6.07) is 1.000. The smallest absolute Gasteiger partial charge is 0.211 e. The molecular formula is C15H36IN5O2S. The quantitative estimate of drug-likeness (QED) is 0.180. The number of aliphatic imine (C=N–C) groups is 1. The van der Waals surface area contributed by atoms with Gasteiger partial charge in [-0.2, -0.15) is 0 Å². The summed E-state index contributed by atoms with van der Waals surface area (Å²) >= 11 is 0. The molecule has 0 aromatic heterocycles. The molecule has 9 heteroatoms. The van der Waals surface area contributed by atoms with E-state index in [9.17, 15) is 8.42 Å². The Bertz CT molecular complexity index is 433. The van der Waals surface area contributed by atoms with Crippen molar-refractivity contribution in [1.29, 1.82) is 0 Å². The van der Waals surface area contributed by atoms with E-state index < -0.39 is 10.0 Å². The van der Waals surface area contributed by atoms with E-state index in [1.807, 2.05) is 6.92 Å². The summed E-state index contributed by atoms with van der Waals surface area (Å²) in [5.41, 5.74) is 0. The zero-order chi connectivity index (χ0) is 17.9. The highest BCUT2D eigenvalue weighted by Gasteiger charge is 2.12. The Morgan fingerprint density at radius 2 is 1.62 bits per heavy atom. The zero-order valence-corrected chi connectivity index (χ0v) is 19.1. The largest absolute Gasteiger partial charge is 0.357 e. The van der Waals surface area contributed by atoms with Crippen LogP contribution in [0.15, 0.2) is 4.99 Å². The van der Waals surface area contributed by atoms with E-state index in [1.54, 1.807) is 6.92 Å². The fourth-order valence-electron chi connectivity index (χ4n) is 2.23. The Balaban J connectivity index is 0. The van der Waals surface area contributed by atoms with E-state index in [1.165, 1.54) is 0 Å². The average Bonchev–Trinajstić information content (AvgIpc) is 2.46. The van der Waals surface area contributed by atoms with Gasteiger partial charge in [0.15, 0.2) is 5.96 Å². The molecule has 0 bridgehead atoms. The normalized spacial score (nSPS) is 12.6. The number of halogens is 1. The number of sulfonamides is 1. The molecule has 0 aliphatic carbocycles. The second-order valence-electron chi connectivity index (χ2n) is 5.91. The molecule has 24 heavy (non-hydrogen) atoms. The molecule has 0 atom stereocenters. The van der Waals surface area contributed by atoms with Crippen molar-refractivity contribution in [1.82, 2.24) is 20.3 Å². The molecule has 0 unspecified atom stereocenters. The number of guanidine groups is 1. The van der Waals surface area contributed by atoms with Gasteiger partial charge in [0.1, 0.15) is 0 Å². The van der Waals surface area contributed by atoms with E-state index in [0.29, 0.717) is 25.2 Å². The van der Waals surface area contributed by atoms with E-state index in [2.05, 4.69) is 52.9 Å². The molecule has 146 valence electrons. The van der Waals surface area contributed by atoms with Crippen molar-refractivity contribution in [2.45, 2.75) is 53.6 Å². The first-order valence-electron chi connectivity index (χ1n) is 8.48. The molecule has 7 nitrogen and oxygen atoms in total. The van der Waals surface area contributed by atoms with Crippen LogP contribution in [-0.4, -0.2) is 69.8 Å². The van der Waals surface area contributed by atoms with Gasteiger partial charge in [0, 0.05) is 38.3 Å². The van der Waals surface area contributed by atoms with Gasteiger partial charge in [-0.15, -0.1) is 24.0 Å². The first kappa shape index (κ1) is 26.1. The lowest BCUT2D eigenvalue weighted by Gasteiger charge is -2.30. The summed E-state index contributed by atoms with van der Waals surface area (Å²) in [6.07, 6.45) is 0. The highest BCUT2D eigenvalue weighted by Crippen LogP contribution is 2.03. The molecule has 0 amide bonds. The van der Waals surface area contributed by atoms with Crippen LogP contribution in [0.3, 0.4) is 0 Å². The highest BCUT2D eigenvalue weighted by molar-refractivity contribution is 14.0. The molecule has 0 rings (SSSR count). The lowest BCUT2D eigenvalue weighted by Crippen LogP contribution is -2.45.